The van der Waals surface area contributed by atoms with Gasteiger partial charge in [-0.15, -0.1) is 0 Å². The quantitative estimate of drug-likeness (QED) is 0.0684. The van der Waals surface area contributed by atoms with Gasteiger partial charge in [0.2, 0.25) is 0 Å². The molecule has 1 N–H and O–H groups in total. The summed E-state index contributed by atoms with van der Waals surface area (Å²) in [5, 5.41) is 2.67. The molecular formula is C50H51NO12. The Morgan fingerprint density at radius 3 is 1.90 bits per heavy atom. The lowest BCUT2D eigenvalue weighted by atomic mass is 9.97. The molecule has 2 aliphatic heterocycles. The molecule has 2 saturated heterocycles. The average molecular weight is 858 g/mol. The van der Waals surface area contributed by atoms with Crippen LogP contribution in [0.2, 0.25) is 0 Å². The maximum atomic E-state index is 13.5. The number of fused-ring (bicyclic) bond motifs is 4. The van der Waals surface area contributed by atoms with Gasteiger partial charge in [0.15, 0.2) is 18.6 Å². The van der Waals surface area contributed by atoms with Crippen LogP contribution < -0.4 is 14.8 Å². The molecule has 5 aromatic rings. The molecule has 2 fully saturated rings. The fourth-order valence-corrected chi connectivity index (χ4v) is 8.04. The molecule has 5 aromatic carbocycles. The zero-order chi connectivity index (χ0) is 43.5. The fraction of sp³-hybridized carbons (Fsp3) is 0.320. The first kappa shape index (κ1) is 43.6. The third kappa shape index (κ3) is 10.4. The number of alkyl carbamates (subject to hydrolysis) is 1. The normalized spacial score (nSPS) is 21.8. The Hall–Kier alpha value is -6.06. The Labute approximate surface area is 366 Å². The minimum atomic E-state index is -1.30. The van der Waals surface area contributed by atoms with E-state index in [0.717, 1.165) is 38.9 Å². The van der Waals surface area contributed by atoms with Crippen LogP contribution in [0.3, 0.4) is 0 Å². The van der Waals surface area contributed by atoms with E-state index >= 15 is 0 Å². The molecule has 13 nitrogen and oxygen atoms in total. The lowest BCUT2D eigenvalue weighted by Crippen LogP contribution is -2.64. The Morgan fingerprint density at radius 1 is 0.714 bits per heavy atom. The summed E-state index contributed by atoms with van der Waals surface area (Å²) in [5.74, 6) is 0.472. The molecule has 328 valence electrons. The second-order valence-corrected chi connectivity index (χ2v) is 15.2. The van der Waals surface area contributed by atoms with E-state index in [2.05, 4.69) is 24.0 Å². The van der Waals surface area contributed by atoms with Gasteiger partial charge in [-0.25, -0.2) is 9.59 Å². The SMILES string of the molecule is C=CCOC(=O)[C@H](CO[C@H]1O[C@@H]2CO[C@@H](c3ccccc3)O[C@@H]2[C@H](OCc2ccc(OC)cc2)[C@H]1OCc1ccc(OC)cc1)NC(=O)OCC1c2ccccc2-c2ccccc21. The maximum absolute atomic E-state index is 13.5. The average Bonchev–Trinajstić information content (AvgIpc) is 3.66. The Morgan fingerprint density at radius 2 is 1.30 bits per heavy atom. The van der Waals surface area contributed by atoms with Crippen molar-refractivity contribution >= 4 is 12.1 Å². The van der Waals surface area contributed by atoms with Crippen LogP contribution in [-0.2, 0) is 55.9 Å². The Bertz CT molecular complexity index is 2240. The topological polar surface area (TPSA) is 138 Å². The van der Waals surface area contributed by atoms with Crippen LogP contribution in [-0.4, -0.2) is 89.5 Å². The van der Waals surface area contributed by atoms with Crippen molar-refractivity contribution in [3.05, 3.63) is 168 Å². The molecule has 0 saturated carbocycles. The second kappa shape index (κ2) is 20.9. The number of amides is 1. The summed E-state index contributed by atoms with van der Waals surface area (Å²) in [6.45, 7) is 3.71. The first-order valence-corrected chi connectivity index (χ1v) is 20.9. The summed E-state index contributed by atoms with van der Waals surface area (Å²) in [4.78, 5) is 27.1. The van der Waals surface area contributed by atoms with Crippen molar-refractivity contribution < 1.29 is 57.0 Å². The van der Waals surface area contributed by atoms with Crippen LogP contribution in [0.15, 0.2) is 140 Å². The molecule has 0 radical (unpaired) electrons. The number of nitrogens with one attached hydrogen (secondary N) is 1. The Balaban J connectivity index is 1.03. The highest BCUT2D eigenvalue weighted by molar-refractivity contribution is 5.82. The predicted octanol–water partition coefficient (Wildman–Crippen LogP) is 7.67. The summed E-state index contributed by atoms with van der Waals surface area (Å²) in [7, 11) is 3.22. The van der Waals surface area contributed by atoms with Crippen LogP contribution in [0.4, 0.5) is 4.79 Å². The standard InChI is InChI=1S/C50H51NO12/c1-4-26-56-47(52)42(51-50(53)61-29-41-39-16-10-8-14-37(39)38-15-9-11-17-40(38)41)30-59-49-46(58-28-33-20-24-36(55-3)25-21-33)45(57-27-32-18-22-35(54-2)23-19-32)44-43(62-49)31-60-48(63-44)34-12-6-5-7-13-34/h4-25,41-46,48-49H,1,26-31H2,2-3H3,(H,51,53)/t42-,43+,44-,45-,46+,48+,49-/m0/s1. The summed E-state index contributed by atoms with van der Waals surface area (Å²) in [5.41, 5.74) is 6.86. The van der Waals surface area contributed by atoms with Crippen molar-refractivity contribution in [3.8, 4) is 22.6 Å². The monoisotopic (exact) mass is 857 g/mol. The van der Waals surface area contributed by atoms with Gasteiger partial charge in [-0.2, -0.15) is 0 Å². The van der Waals surface area contributed by atoms with Crippen molar-refractivity contribution in [2.24, 2.45) is 0 Å². The highest BCUT2D eigenvalue weighted by atomic mass is 16.8. The highest BCUT2D eigenvalue weighted by Gasteiger charge is 2.52. The first-order chi connectivity index (χ1) is 30.9. The van der Waals surface area contributed by atoms with Crippen LogP contribution in [0.25, 0.3) is 11.1 Å². The summed E-state index contributed by atoms with van der Waals surface area (Å²) in [6, 6.07) is 39.5. The first-order valence-electron chi connectivity index (χ1n) is 20.9. The number of carbonyl (C=O) groups excluding carboxylic acids is 2. The van der Waals surface area contributed by atoms with Gasteiger partial charge in [-0.1, -0.05) is 116 Å². The van der Waals surface area contributed by atoms with E-state index in [0.29, 0.717) is 11.5 Å². The number of rotatable bonds is 18. The second-order valence-electron chi connectivity index (χ2n) is 15.2. The van der Waals surface area contributed by atoms with Gasteiger partial charge >= 0.3 is 12.1 Å². The molecule has 7 atom stereocenters. The van der Waals surface area contributed by atoms with Gasteiger partial charge in [0.25, 0.3) is 0 Å². The molecule has 13 heteroatoms. The molecule has 8 rings (SSSR count). The minimum absolute atomic E-state index is 0.0441. The van der Waals surface area contributed by atoms with Crippen LogP contribution in [0, 0.1) is 0 Å². The van der Waals surface area contributed by atoms with Gasteiger partial charge in [0.05, 0.1) is 40.6 Å². The number of hydrogen-bond acceptors (Lipinski definition) is 12. The van der Waals surface area contributed by atoms with E-state index in [1.165, 1.54) is 6.08 Å². The smallest absolute Gasteiger partial charge is 0.407 e. The van der Waals surface area contributed by atoms with Crippen molar-refractivity contribution in [3.63, 3.8) is 0 Å². The summed E-state index contributed by atoms with van der Waals surface area (Å²) in [6.07, 6.45) is -4.25. The van der Waals surface area contributed by atoms with E-state index in [1.807, 2.05) is 115 Å². The summed E-state index contributed by atoms with van der Waals surface area (Å²) < 4.78 is 61.3. The van der Waals surface area contributed by atoms with E-state index in [-0.39, 0.29) is 45.6 Å². The molecule has 0 aromatic heterocycles. The largest absolute Gasteiger partial charge is 0.497 e. The van der Waals surface area contributed by atoms with E-state index in [1.54, 1.807) is 14.2 Å². The van der Waals surface area contributed by atoms with Crippen molar-refractivity contribution in [2.75, 3.05) is 40.6 Å². The van der Waals surface area contributed by atoms with Crippen LogP contribution in [0.5, 0.6) is 11.5 Å². The molecule has 1 aliphatic carbocycles. The lowest BCUT2D eigenvalue weighted by molar-refractivity contribution is -0.372. The lowest BCUT2D eigenvalue weighted by Gasteiger charge is -2.49. The van der Waals surface area contributed by atoms with Gasteiger partial charge in [0.1, 0.15) is 49.1 Å². The van der Waals surface area contributed by atoms with E-state index in [9.17, 15) is 9.59 Å². The predicted molar refractivity (Wildman–Crippen MR) is 231 cm³/mol. The van der Waals surface area contributed by atoms with Gasteiger partial charge < -0.3 is 52.7 Å². The zero-order valence-corrected chi connectivity index (χ0v) is 35.2. The summed E-state index contributed by atoms with van der Waals surface area (Å²) >= 11 is 0. The third-order valence-corrected chi connectivity index (χ3v) is 11.2. The number of esters is 1. The van der Waals surface area contributed by atoms with Crippen LogP contribution in [0.1, 0.15) is 40.0 Å². The Kier molecular flexibility index (Phi) is 14.4. The van der Waals surface area contributed by atoms with Crippen molar-refractivity contribution in [1.82, 2.24) is 5.32 Å². The highest BCUT2D eigenvalue weighted by Crippen LogP contribution is 2.44. The minimum Gasteiger partial charge on any atom is -0.497 e. The number of methoxy groups -OCH3 is 2. The molecule has 2 heterocycles. The molecule has 1 amide bonds. The van der Waals surface area contributed by atoms with E-state index < -0.39 is 55.1 Å². The zero-order valence-electron chi connectivity index (χ0n) is 35.2. The third-order valence-electron chi connectivity index (χ3n) is 11.2. The van der Waals surface area contributed by atoms with Crippen LogP contribution >= 0.6 is 0 Å². The van der Waals surface area contributed by atoms with Crippen molar-refractivity contribution in [1.29, 1.82) is 0 Å². The fourth-order valence-electron chi connectivity index (χ4n) is 8.04. The maximum Gasteiger partial charge on any atom is 0.407 e. The number of ether oxygens (including phenoxy) is 10. The molecule has 63 heavy (non-hydrogen) atoms. The molecule has 3 aliphatic rings. The molecular weight excluding hydrogens is 807 g/mol. The molecule has 0 unspecified atom stereocenters. The van der Waals surface area contributed by atoms with Gasteiger partial charge in [0, 0.05) is 11.5 Å². The van der Waals surface area contributed by atoms with E-state index in [4.69, 9.17) is 47.4 Å². The number of benzene rings is 5. The van der Waals surface area contributed by atoms with Gasteiger partial charge in [-0.3, -0.25) is 0 Å². The molecule has 0 spiro atoms. The van der Waals surface area contributed by atoms with Gasteiger partial charge in [-0.05, 0) is 57.6 Å². The molecule has 0 bridgehead atoms. The number of carbonyl (C=O) groups is 2. The number of hydrogen-bond donors (Lipinski definition) is 1. The van der Waals surface area contributed by atoms with Crippen molar-refractivity contribution in [2.45, 2.75) is 62.2 Å².